The van der Waals surface area contributed by atoms with Crippen molar-refractivity contribution in [3.63, 3.8) is 0 Å². The molecule has 22 fully saturated rings. The fraction of sp³-hybridized carbons (Fsp3) is 1.00. The van der Waals surface area contributed by atoms with Crippen LogP contribution in [0.5, 0.6) is 0 Å². The van der Waals surface area contributed by atoms with E-state index >= 15 is 0 Å². The number of rotatable bonds is 6. The van der Waals surface area contributed by atoms with Crippen LogP contribution in [0.4, 0.5) is 0 Å². The molecule has 66 heavy (non-hydrogen) atoms. The molecule has 13 unspecified atom stereocenters. The minimum Gasteiger partial charge on any atom is -0.394 e. The summed E-state index contributed by atoms with van der Waals surface area (Å²) in [5.41, 5.74) is 0. The molecule has 22 aliphatic rings. The quantitative estimate of drug-likeness (QED) is 0.117. The van der Waals surface area contributed by atoms with E-state index in [-0.39, 0.29) is 0 Å². The van der Waals surface area contributed by atoms with Gasteiger partial charge in [0, 0.05) is 0 Å². The van der Waals surface area contributed by atoms with Crippen LogP contribution < -0.4 is 0 Å². The number of aliphatic hydroxyl groups excluding tert-OH is 18. The Morgan fingerprint density at radius 2 is 0.303 bits per heavy atom. The molecule has 12 bridgehead atoms. The van der Waals surface area contributed by atoms with Gasteiger partial charge in [0.2, 0.25) is 0 Å². The van der Waals surface area contributed by atoms with Crippen molar-refractivity contribution in [3.05, 3.63) is 0 Å². The maximum Gasteiger partial charge on any atom is 0.187 e. The van der Waals surface area contributed by atoms with Crippen molar-refractivity contribution >= 4 is 0 Å². The number of ether oxygens (including phenoxy) is 12. The van der Waals surface area contributed by atoms with Gasteiger partial charge in [-0.3, -0.25) is 0 Å². The Kier molecular flexibility index (Phi) is 17.6. The van der Waals surface area contributed by atoms with Crippen LogP contribution in [0.3, 0.4) is 0 Å². The smallest absolute Gasteiger partial charge is 0.187 e. The Morgan fingerprint density at radius 1 is 0.182 bits per heavy atom. The Morgan fingerprint density at radius 3 is 0.409 bits per heavy atom. The molecule has 0 aliphatic carbocycles. The van der Waals surface area contributed by atoms with Gasteiger partial charge in [-0.05, 0) is 0 Å². The largest absolute Gasteiger partial charge is 0.394 e. The molecule has 0 saturated carbocycles. The van der Waals surface area contributed by atoms with Crippen LogP contribution in [-0.4, -0.2) is 316 Å². The summed E-state index contributed by atoms with van der Waals surface area (Å²) in [6.07, 6.45) is -58.5. The molecule has 384 valence electrons. The van der Waals surface area contributed by atoms with Crippen molar-refractivity contribution < 1.29 is 149 Å². The van der Waals surface area contributed by atoms with Crippen LogP contribution >= 0.6 is 0 Å². The molecule has 22 heterocycles. The Balaban J connectivity index is 1.19. The van der Waals surface area contributed by atoms with Crippen LogP contribution in [0, 0.1) is 0 Å². The Hall–Kier alpha value is -1.20. The third-order valence-corrected chi connectivity index (χ3v) is 12.7. The molecule has 22 saturated heterocycles. The second-order valence-electron chi connectivity index (χ2n) is 16.8. The highest BCUT2D eigenvalue weighted by Crippen LogP contribution is 2.38. The van der Waals surface area contributed by atoms with Crippen LogP contribution in [-0.2, 0) is 56.8 Å². The summed E-state index contributed by atoms with van der Waals surface area (Å²) in [7, 11) is 0. The Bertz CT molecular complexity index is 1230. The molecule has 22 rings (SSSR count). The predicted octanol–water partition coefficient (Wildman–Crippen LogP) is -13.1. The number of hydrogen-bond donors (Lipinski definition) is 18. The summed E-state index contributed by atoms with van der Waals surface area (Å²) in [6.45, 7) is -5.99. The molecule has 0 aromatic heterocycles. The lowest BCUT2D eigenvalue weighted by Crippen LogP contribution is -2.69. The third-order valence-electron chi connectivity index (χ3n) is 12.7. The lowest BCUT2D eigenvalue weighted by atomic mass is 9.94. The van der Waals surface area contributed by atoms with Gasteiger partial charge in [0.05, 0.1) is 39.6 Å². The predicted molar refractivity (Wildman–Crippen MR) is 196 cm³/mol. The van der Waals surface area contributed by atoms with E-state index in [4.69, 9.17) is 56.8 Å². The van der Waals surface area contributed by atoms with E-state index < -0.39 is 224 Å². The lowest BCUT2D eigenvalue weighted by Gasteiger charge is -2.50. The summed E-state index contributed by atoms with van der Waals surface area (Å²) in [6, 6.07) is 0. The summed E-state index contributed by atoms with van der Waals surface area (Å²) in [5, 5.41) is 196. The highest BCUT2D eigenvalue weighted by atomic mass is 16.8. The first-order valence-corrected chi connectivity index (χ1v) is 21.1. The zero-order chi connectivity index (χ0) is 48.0. The van der Waals surface area contributed by atoms with Crippen LogP contribution in [0.1, 0.15) is 0 Å². The van der Waals surface area contributed by atoms with E-state index in [1.54, 1.807) is 0 Å². The maximum atomic E-state index is 11.2. The van der Waals surface area contributed by atoms with Gasteiger partial charge < -0.3 is 149 Å². The molecule has 0 aromatic rings. The average molecular weight is 973 g/mol. The highest BCUT2D eigenvalue weighted by Gasteiger charge is 2.58. The van der Waals surface area contributed by atoms with Crippen molar-refractivity contribution in [1.82, 2.24) is 0 Å². The minimum absolute atomic E-state index is 0.999. The summed E-state index contributed by atoms with van der Waals surface area (Å²) in [4.78, 5) is 0. The van der Waals surface area contributed by atoms with E-state index in [1.165, 1.54) is 0 Å². The maximum absolute atomic E-state index is 11.2. The SMILES string of the molecule is OCC1O[C@@H]2O[C@@H]3C(CO)O[C@H](O[C@@H]4C(CO)O[C@H](OC5C(CO)OC(O[C@@H]6C(CO)O[C@H](O[C@@H]7C(CO)O[C@H](OC1[C@H](O)[C@@H]2O)C(O)[C@H]7O)C(O)[C@H]6O)[C@@H](O)[C@H]5O)[C@@H](O)C4O)[C@@H](O)C3O. The van der Waals surface area contributed by atoms with E-state index in [0.717, 1.165) is 0 Å². The molecule has 18 N–H and O–H groups in total. The summed E-state index contributed by atoms with van der Waals surface area (Å²) < 4.78 is 67.9. The zero-order valence-corrected chi connectivity index (χ0v) is 34.5. The monoisotopic (exact) mass is 972 g/mol. The molecule has 0 radical (unpaired) electrons. The topological polar surface area (TPSA) is 475 Å². The summed E-state index contributed by atoms with van der Waals surface area (Å²) >= 11 is 0. The van der Waals surface area contributed by atoms with Crippen molar-refractivity contribution in [2.45, 2.75) is 184 Å². The molecular weight excluding hydrogens is 912 g/mol. The lowest BCUT2D eigenvalue weighted by molar-refractivity contribution is -0.404. The molecule has 30 nitrogen and oxygen atoms in total. The summed E-state index contributed by atoms with van der Waals surface area (Å²) in [5.74, 6) is 0. The van der Waals surface area contributed by atoms with Gasteiger partial charge >= 0.3 is 0 Å². The van der Waals surface area contributed by atoms with Gasteiger partial charge in [0.25, 0.3) is 0 Å². The van der Waals surface area contributed by atoms with Crippen LogP contribution in [0.2, 0.25) is 0 Å². The Labute approximate surface area is 372 Å². The second kappa shape index (κ2) is 22.1. The van der Waals surface area contributed by atoms with Gasteiger partial charge in [0.15, 0.2) is 37.7 Å². The zero-order valence-electron chi connectivity index (χ0n) is 34.5. The van der Waals surface area contributed by atoms with Gasteiger partial charge in [-0.15, -0.1) is 0 Å². The van der Waals surface area contributed by atoms with Crippen molar-refractivity contribution in [1.29, 1.82) is 0 Å². The van der Waals surface area contributed by atoms with Crippen molar-refractivity contribution in [3.8, 4) is 0 Å². The molecule has 0 amide bonds. The van der Waals surface area contributed by atoms with Gasteiger partial charge in [-0.1, -0.05) is 0 Å². The van der Waals surface area contributed by atoms with Gasteiger partial charge in [-0.2, -0.15) is 0 Å². The molecule has 0 aromatic carbocycles. The first-order chi connectivity index (χ1) is 31.4. The van der Waals surface area contributed by atoms with Crippen molar-refractivity contribution in [2.24, 2.45) is 0 Å². The van der Waals surface area contributed by atoms with Crippen molar-refractivity contribution in [2.75, 3.05) is 39.6 Å². The molecule has 0 spiro atoms. The first-order valence-electron chi connectivity index (χ1n) is 21.1. The van der Waals surface area contributed by atoms with E-state index in [2.05, 4.69) is 0 Å². The highest BCUT2D eigenvalue weighted by molar-refractivity contribution is 5.01. The fourth-order valence-corrected chi connectivity index (χ4v) is 8.93. The normalized spacial score (nSPS) is 55.4. The average Bonchev–Trinajstić information content (AvgIpc) is 3.31. The van der Waals surface area contributed by atoms with Gasteiger partial charge in [-0.25, -0.2) is 0 Å². The van der Waals surface area contributed by atoms with Crippen LogP contribution in [0.15, 0.2) is 0 Å². The van der Waals surface area contributed by atoms with E-state index in [1.807, 2.05) is 0 Å². The molecule has 30 heteroatoms. The van der Waals surface area contributed by atoms with Gasteiger partial charge in [0.1, 0.15) is 146 Å². The molecule has 30 atom stereocenters. The third kappa shape index (κ3) is 10.0. The molecular formula is C36H60O30. The minimum atomic E-state index is -2.15. The first kappa shape index (κ1) is 52.6. The van der Waals surface area contributed by atoms with E-state index in [9.17, 15) is 91.9 Å². The number of hydrogen-bond acceptors (Lipinski definition) is 30. The van der Waals surface area contributed by atoms with E-state index in [0.29, 0.717) is 0 Å². The standard InChI is InChI=1S/C36H60O30/c37-1-7-25-13(43)19(49)31(55-7)62-26-8(2-38)57-33(21(51)15(26)45)64-28-10(4-40)59-35(23(53)17(28)47)66-30-12(6-42)60-36(24(54)18(30)48)65-29-11(5-41)58-34(22(52)16(29)46)63-27-9(3-39)56-32(61-25)20(50)14(27)44/h7-54H,1-6H2/t7?,8?,9?,10?,11?,12?,13-,14-,15-,16-,17?,18?,19?,20?,21+,22+,23+,24+,25-,26?,27-,28-,29?,30-,31-,32-,33-,34?,35-,36-/m1/s1. The molecule has 22 aliphatic heterocycles. The fourth-order valence-electron chi connectivity index (χ4n) is 8.93. The second-order valence-corrected chi connectivity index (χ2v) is 16.8. The number of aliphatic hydroxyl groups is 18. The van der Waals surface area contributed by atoms with Crippen LogP contribution in [0.25, 0.3) is 0 Å².